The van der Waals surface area contributed by atoms with Gasteiger partial charge in [-0.25, -0.2) is 13.1 Å². The third-order valence-corrected chi connectivity index (χ3v) is 6.74. The van der Waals surface area contributed by atoms with E-state index in [-0.39, 0.29) is 34.0 Å². The molecular weight excluding hydrogens is 442 g/mol. The van der Waals surface area contributed by atoms with Gasteiger partial charge in [0.1, 0.15) is 6.04 Å². The number of rotatable bonds is 7. The quantitative estimate of drug-likeness (QED) is 0.601. The molecule has 176 valence electrons. The van der Waals surface area contributed by atoms with Gasteiger partial charge < -0.3 is 5.32 Å². The van der Waals surface area contributed by atoms with Crippen LogP contribution in [0.2, 0.25) is 0 Å². The molecule has 0 aromatic heterocycles. The molecule has 1 unspecified atom stereocenters. The minimum absolute atomic E-state index is 0.00337. The van der Waals surface area contributed by atoms with Crippen LogP contribution in [0.1, 0.15) is 61.8 Å². The Morgan fingerprint density at radius 3 is 2.06 bits per heavy atom. The van der Waals surface area contributed by atoms with Gasteiger partial charge in [0.2, 0.25) is 15.9 Å². The van der Waals surface area contributed by atoms with Crippen molar-refractivity contribution >= 4 is 33.4 Å². The smallest absolute Gasteiger partial charge is 0.262 e. The van der Waals surface area contributed by atoms with Crippen LogP contribution in [0.4, 0.5) is 5.69 Å². The number of imide groups is 1. The van der Waals surface area contributed by atoms with Gasteiger partial charge in [0.25, 0.3) is 11.8 Å². The monoisotopic (exact) mass is 471 g/mol. The van der Waals surface area contributed by atoms with Gasteiger partial charge >= 0.3 is 0 Å². The summed E-state index contributed by atoms with van der Waals surface area (Å²) in [6.45, 7) is 8.98. The molecule has 2 aromatic carbocycles. The Morgan fingerprint density at radius 2 is 1.55 bits per heavy atom. The second-order valence-electron chi connectivity index (χ2n) is 9.54. The lowest BCUT2D eigenvalue weighted by Gasteiger charge is -2.27. The molecule has 33 heavy (non-hydrogen) atoms. The maximum atomic E-state index is 13.2. The van der Waals surface area contributed by atoms with Gasteiger partial charge in [-0.05, 0) is 63.4 Å². The van der Waals surface area contributed by atoms with Crippen molar-refractivity contribution in [3.8, 4) is 0 Å². The molecule has 0 radical (unpaired) electrons. The fourth-order valence-corrected chi connectivity index (χ4v) is 5.16. The van der Waals surface area contributed by atoms with Gasteiger partial charge in [0.05, 0.1) is 16.0 Å². The molecule has 2 N–H and O–H groups in total. The summed E-state index contributed by atoms with van der Waals surface area (Å²) in [5, 5.41) is 2.69. The van der Waals surface area contributed by atoms with Gasteiger partial charge in [0, 0.05) is 11.2 Å². The van der Waals surface area contributed by atoms with E-state index in [9.17, 15) is 22.8 Å². The Kier molecular flexibility index (Phi) is 6.76. The fourth-order valence-electron chi connectivity index (χ4n) is 3.70. The maximum Gasteiger partial charge on any atom is 0.262 e. The zero-order chi connectivity index (χ0) is 24.6. The Labute approximate surface area is 194 Å². The molecule has 0 bridgehead atoms. The molecule has 0 spiro atoms. The van der Waals surface area contributed by atoms with E-state index in [0.717, 1.165) is 4.90 Å². The summed E-state index contributed by atoms with van der Waals surface area (Å²) in [5.41, 5.74) is 0.115. The van der Waals surface area contributed by atoms with Crippen molar-refractivity contribution in [3.63, 3.8) is 0 Å². The highest BCUT2D eigenvalue weighted by Crippen LogP contribution is 2.28. The van der Waals surface area contributed by atoms with E-state index < -0.39 is 39.3 Å². The highest BCUT2D eigenvalue weighted by molar-refractivity contribution is 7.89. The molecular formula is C24H29N3O5S. The first-order valence-electron chi connectivity index (χ1n) is 10.7. The van der Waals surface area contributed by atoms with Gasteiger partial charge in [-0.2, -0.15) is 0 Å². The van der Waals surface area contributed by atoms with Crippen molar-refractivity contribution < 1.29 is 22.8 Å². The number of fused-ring (bicyclic) bond motifs is 1. The molecule has 0 saturated carbocycles. The van der Waals surface area contributed by atoms with Gasteiger partial charge in [-0.3, -0.25) is 19.3 Å². The minimum Gasteiger partial charge on any atom is -0.324 e. The summed E-state index contributed by atoms with van der Waals surface area (Å²) in [4.78, 5) is 40.1. The summed E-state index contributed by atoms with van der Waals surface area (Å²) in [7, 11) is -3.80. The van der Waals surface area contributed by atoms with Crippen LogP contribution in [0.15, 0.2) is 53.4 Å². The van der Waals surface area contributed by atoms with E-state index in [0.29, 0.717) is 0 Å². The van der Waals surface area contributed by atoms with Crippen molar-refractivity contribution in [2.45, 2.75) is 57.5 Å². The second-order valence-corrected chi connectivity index (χ2v) is 11.2. The van der Waals surface area contributed by atoms with E-state index >= 15 is 0 Å². The first kappa shape index (κ1) is 24.6. The summed E-state index contributed by atoms with van der Waals surface area (Å²) in [5.74, 6) is -1.56. The van der Waals surface area contributed by atoms with E-state index in [1.165, 1.54) is 18.2 Å². The molecule has 1 aliphatic rings. The Morgan fingerprint density at radius 1 is 0.970 bits per heavy atom. The van der Waals surface area contributed by atoms with E-state index in [4.69, 9.17) is 0 Å². The van der Waals surface area contributed by atoms with Gasteiger partial charge in [-0.1, -0.05) is 32.0 Å². The largest absolute Gasteiger partial charge is 0.324 e. The number of nitrogens with one attached hydrogen (secondary N) is 2. The Balaban J connectivity index is 1.88. The Bertz CT molecular complexity index is 1160. The summed E-state index contributed by atoms with van der Waals surface area (Å²) in [6.07, 6.45) is 0.265. The van der Waals surface area contributed by atoms with Crippen molar-refractivity contribution in [2.24, 2.45) is 5.92 Å². The van der Waals surface area contributed by atoms with Gasteiger partial charge in [-0.15, -0.1) is 0 Å². The van der Waals surface area contributed by atoms with Crippen molar-refractivity contribution in [2.75, 3.05) is 5.32 Å². The van der Waals surface area contributed by atoms with E-state index in [2.05, 4.69) is 10.0 Å². The zero-order valence-electron chi connectivity index (χ0n) is 19.4. The molecule has 1 aliphatic heterocycles. The third-order valence-electron chi connectivity index (χ3n) is 4.99. The number of carbonyl (C=O) groups is 3. The second kappa shape index (κ2) is 9.07. The van der Waals surface area contributed by atoms with E-state index in [1.54, 1.807) is 51.1 Å². The van der Waals surface area contributed by atoms with Crippen LogP contribution in [0, 0.1) is 5.92 Å². The molecule has 0 saturated heterocycles. The molecule has 3 amide bonds. The average molecular weight is 472 g/mol. The van der Waals surface area contributed by atoms with Gasteiger partial charge in [0.15, 0.2) is 0 Å². The third kappa shape index (κ3) is 5.48. The van der Waals surface area contributed by atoms with Crippen LogP contribution in [0.5, 0.6) is 0 Å². The normalized spacial score (nSPS) is 15.0. The zero-order valence-corrected chi connectivity index (χ0v) is 20.2. The molecule has 9 heteroatoms. The maximum absolute atomic E-state index is 13.2. The average Bonchev–Trinajstić information content (AvgIpc) is 2.95. The van der Waals surface area contributed by atoms with Crippen LogP contribution >= 0.6 is 0 Å². The summed E-state index contributed by atoms with van der Waals surface area (Å²) < 4.78 is 27.9. The predicted molar refractivity (Wildman–Crippen MR) is 125 cm³/mol. The number of carbonyl (C=O) groups excluding carboxylic acids is 3. The van der Waals surface area contributed by atoms with Crippen molar-refractivity contribution in [3.05, 3.63) is 59.7 Å². The lowest BCUT2D eigenvalue weighted by atomic mass is 10.0. The topological polar surface area (TPSA) is 113 Å². The molecule has 8 nitrogen and oxygen atoms in total. The molecule has 2 aromatic rings. The number of sulfonamides is 1. The van der Waals surface area contributed by atoms with Crippen molar-refractivity contribution in [1.82, 2.24) is 9.62 Å². The first-order valence-corrected chi connectivity index (χ1v) is 12.2. The Hall–Kier alpha value is -3.04. The van der Waals surface area contributed by atoms with E-state index in [1.807, 2.05) is 13.8 Å². The first-order chi connectivity index (χ1) is 15.3. The van der Waals surface area contributed by atoms with Crippen molar-refractivity contribution in [1.29, 1.82) is 0 Å². The van der Waals surface area contributed by atoms with Crippen LogP contribution < -0.4 is 10.0 Å². The lowest BCUT2D eigenvalue weighted by Crippen LogP contribution is -2.48. The molecule has 3 rings (SSSR count). The number of anilines is 1. The number of hydrogen-bond acceptors (Lipinski definition) is 5. The summed E-state index contributed by atoms with van der Waals surface area (Å²) in [6, 6.07) is 11.3. The van der Waals surface area contributed by atoms with Crippen LogP contribution in [-0.2, 0) is 14.8 Å². The lowest BCUT2D eigenvalue weighted by molar-refractivity contribution is -0.120. The van der Waals surface area contributed by atoms with Crippen LogP contribution in [-0.4, -0.2) is 42.6 Å². The number of nitrogens with zero attached hydrogens (tertiary/aromatic N) is 1. The minimum atomic E-state index is -3.80. The highest BCUT2D eigenvalue weighted by Gasteiger charge is 2.42. The SMILES string of the molecule is CC(C)CC(C(=O)Nc1cccc(S(=O)(=O)NC(C)(C)C)c1)N1C(=O)c2ccccc2C1=O. The molecule has 1 atom stereocenters. The molecule has 0 aliphatic carbocycles. The number of hydrogen-bond donors (Lipinski definition) is 2. The predicted octanol–water partition coefficient (Wildman–Crippen LogP) is 3.41. The standard InChI is InChI=1S/C24H29N3O5S/c1-15(2)13-20(27-22(29)18-11-6-7-12-19(18)23(27)30)21(28)25-16-9-8-10-17(14-16)33(31,32)26-24(3,4)5/h6-12,14-15,20,26H,13H2,1-5H3,(H,25,28). The fraction of sp³-hybridized carbons (Fsp3) is 0.375. The highest BCUT2D eigenvalue weighted by atomic mass is 32.2. The van der Waals surface area contributed by atoms with Crippen LogP contribution in [0.3, 0.4) is 0 Å². The van der Waals surface area contributed by atoms with Crippen LogP contribution in [0.25, 0.3) is 0 Å². The number of benzene rings is 2. The summed E-state index contributed by atoms with van der Waals surface area (Å²) >= 11 is 0. The number of amides is 3. The molecule has 0 fully saturated rings. The molecule has 1 heterocycles.